The molecule has 74 valence electrons. The van der Waals surface area contributed by atoms with Crippen LogP contribution >= 0.6 is 15.9 Å². The Morgan fingerprint density at radius 3 is 3.00 bits per heavy atom. The highest BCUT2D eigenvalue weighted by Crippen LogP contribution is 2.31. The van der Waals surface area contributed by atoms with Gasteiger partial charge in [-0.1, -0.05) is 30.4 Å². The molecule has 0 saturated heterocycles. The molecule has 0 N–H and O–H groups in total. The number of nitrogens with zero attached hydrogens (tertiary/aromatic N) is 1. The number of halogens is 1. The maximum absolute atomic E-state index is 4.57. The Labute approximate surface area is 97.0 Å². The van der Waals surface area contributed by atoms with Gasteiger partial charge in [0, 0.05) is 5.39 Å². The molecule has 0 unspecified atom stereocenters. The lowest BCUT2D eigenvalue weighted by Crippen LogP contribution is -1.99. The summed E-state index contributed by atoms with van der Waals surface area (Å²) in [6, 6.07) is 8.30. The number of benzene rings is 1. The fourth-order valence-corrected chi connectivity index (χ4v) is 2.71. The van der Waals surface area contributed by atoms with E-state index >= 15 is 0 Å². The van der Waals surface area contributed by atoms with Gasteiger partial charge in [-0.3, -0.25) is 0 Å². The van der Waals surface area contributed by atoms with Crippen LogP contribution in [0.1, 0.15) is 17.5 Å². The van der Waals surface area contributed by atoms with E-state index in [9.17, 15) is 0 Å². The van der Waals surface area contributed by atoms with Gasteiger partial charge >= 0.3 is 0 Å². The van der Waals surface area contributed by atoms with Crippen LogP contribution in [0.15, 0.2) is 34.9 Å². The minimum atomic E-state index is 1.00. The largest absolute Gasteiger partial charge is 0.241 e. The predicted octanol–water partition coefficient (Wildman–Crippen LogP) is 3.96. The van der Waals surface area contributed by atoms with Gasteiger partial charge in [-0.25, -0.2) is 4.98 Å². The molecule has 2 heteroatoms. The van der Waals surface area contributed by atoms with Crippen LogP contribution in [0, 0.1) is 0 Å². The molecule has 0 atom stereocenters. The molecule has 0 fully saturated rings. The first-order valence-electron chi connectivity index (χ1n) is 5.10. The molecule has 1 nitrogen and oxygen atoms in total. The Balaban J connectivity index is 2.46. The van der Waals surface area contributed by atoms with Crippen molar-refractivity contribution in [1.29, 1.82) is 0 Å². The fourth-order valence-electron chi connectivity index (χ4n) is 2.10. The van der Waals surface area contributed by atoms with Crippen molar-refractivity contribution in [3.8, 4) is 0 Å². The van der Waals surface area contributed by atoms with E-state index in [2.05, 4.69) is 51.3 Å². The van der Waals surface area contributed by atoms with E-state index in [-0.39, 0.29) is 0 Å². The molecular weight excluding hydrogens is 250 g/mol. The van der Waals surface area contributed by atoms with E-state index in [0.29, 0.717) is 0 Å². The second kappa shape index (κ2) is 3.46. The third-order valence-corrected chi connectivity index (χ3v) is 3.49. The van der Waals surface area contributed by atoms with Gasteiger partial charge in [0.15, 0.2) is 0 Å². The van der Waals surface area contributed by atoms with Gasteiger partial charge in [0.1, 0.15) is 4.60 Å². The van der Waals surface area contributed by atoms with Crippen molar-refractivity contribution in [2.24, 2.45) is 0 Å². The van der Waals surface area contributed by atoms with Gasteiger partial charge in [-0.2, -0.15) is 0 Å². The van der Waals surface area contributed by atoms with Gasteiger partial charge in [-0.05, 0) is 46.0 Å². The Bertz CT molecular complexity index is 558. The maximum atomic E-state index is 4.57. The predicted molar refractivity (Wildman–Crippen MR) is 66.8 cm³/mol. The molecule has 0 radical (unpaired) electrons. The van der Waals surface area contributed by atoms with E-state index in [4.69, 9.17) is 0 Å². The van der Waals surface area contributed by atoms with Gasteiger partial charge in [0.2, 0.25) is 0 Å². The second-order valence-electron chi connectivity index (χ2n) is 3.75. The summed E-state index contributed by atoms with van der Waals surface area (Å²) in [5.41, 5.74) is 3.74. The number of rotatable bonds is 0. The summed E-state index contributed by atoms with van der Waals surface area (Å²) in [4.78, 5) is 4.57. The first-order valence-corrected chi connectivity index (χ1v) is 5.89. The molecule has 0 aliphatic heterocycles. The summed E-state index contributed by atoms with van der Waals surface area (Å²) in [5.74, 6) is 0. The van der Waals surface area contributed by atoms with Crippen LogP contribution in [0.5, 0.6) is 0 Å². The van der Waals surface area contributed by atoms with Crippen LogP contribution in [0.25, 0.3) is 17.0 Å². The number of para-hydroxylation sites is 1. The molecule has 1 aliphatic rings. The average Bonchev–Trinajstić information content (AvgIpc) is 2.30. The molecule has 0 spiro atoms. The summed E-state index contributed by atoms with van der Waals surface area (Å²) >= 11 is 3.56. The van der Waals surface area contributed by atoms with E-state index in [1.807, 2.05) is 6.07 Å². The third-order valence-electron chi connectivity index (χ3n) is 2.83. The first-order chi connectivity index (χ1) is 7.36. The molecule has 1 aromatic heterocycles. The average molecular weight is 260 g/mol. The van der Waals surface area contributed by atoms with Crippen LogP contribution in [-0.2, 0) is 6.42 Å². The molecule has 2 aromatic rings. The molecule has 0 amide bonds. The molecule has 1 heterocycles. The van der Waals surface area contributed by atoms with Gasteiger partial charge in [0.25, 0.3) is 0 Å². The Kier molecular flexibility index (Phi) is 2.10. The van der Waals surface area contributed by atoms with Crippen LogP contribution in [0.2, 0.25) is 0 Å². The van der Waals surface area contributed by atoms with Crippen molar-refractivity contribution >= 4 is 32.9 Å². The quantitative estimate of drug-likeness (QED) is 0.653. The number of aromatic nitrogens is 1. The van der Waals surface area contributed by atoms with E-state index in [1.165, 1.54) is 16.5 Å². The molecule has 1 aromatic carbocycles. The van der Waals surface area contributed by atoms with Gasteiger partial charge < -0.3 is 0 Å². The molecule has 1 aliphatic carbocycles. The Morgan fingerprint density at radius 1 is 1.20 bits per heavy atom. The molecule has 15 heavy (non-hydrogen) atoms. The van der Waals surface area contributed by atoms with Crippen molar-refractivity contribution in [2.75, 3.05) is 0 Å². The van der Waals surface area contributed by atoms with E-state index in [1.54, 1.807) is 0 Å². The molecule has 0 bridgehead atoms. The first kappa shape index (κ1) is 9.10. The lowest BCUT2D eigenvalue weighted by atomic mass is 9.96. The second-order valence-corrected chi connectivity index (χ2v) is 4.50. The smallest absolute Gasteiger partial charge is 0.110 e. The van der Waals surface area contributed by atoms with Crippen LogP contribution in [0.4, 0.5) is 0 Å². The van der Waals surface area contributed by atoms with Crippen molar-refractivity contribution in [3.63, 3.8) is 0 Å². The number of hydrogen-bond acceptors (Lipinski definition) is 1. The zero-order chi connectivity index (χ0) is 10.3. The summed E-state index contributed by atoms with van der Waals surface area (Å²) in [7, 11) is 0. The van der Waals surface area contributed by atoms with Gasteiger partial charge in [0.05, 0.1) is 5.52 Å². The maximum Gasteiger partial charge on any atom is 0.110 e. The van der Waals surface area contributed by atoms with Crippen LogP contribution in [0.3, 0.4) is 0 Å². The summed E-state index contributed by atoms with van der Waals surface area (Å²) in [6.45, 7) is 0. The zero-order valence-corrected chi connectivity index (χ0v) is 9.79. The lowest BCUT2D eigenvalue weighted by Gasteiger charge is -2.14. The SMILES string of the molecule is Brc1nc2ccccc2c2c1CCC=C2. The standard InChI is InChI=1S/C13H10BrN/c14-13-11-7-2-1-5-9(11)10-6-3-4-8-12(10)15-13/h1,3-6,8H,2,7H2. The summed E-state index contributed by atoms with van der Waals surface area (Å²) < 4.78 is 1.00. The lowest BCUT2D eigenvalue weighted by molar-refractivity contribution is 0.967. The highest BCUT2D eigenvalue weighted by atomic mass is 79.9. The fraction of sp³-hybridized carbons (Fsp3) is 0.154. The summed E-state index contributed by atoms with van der Waals surface area (Å²) in [6.07, 6.45) is 6.66. The monoisotopic (exact) mass is 259 g/mol. The highest BCUT2D eigenvalue weighted by molar-refractivity contribution is 9.10. The molecule has 0 saturated carbocycles. The van der Waals surface area contributed by atoms with Crippen LogP contribution in [-0.4, -0.2) is 4.98 Å². The molecular formula is C13H10BrN. The van der Waals surface area contributed by atoms with Crippen LogP contribution < -0.4 is 0 Å². The van der Waals surface area contributed by atoms with Crippen molar-refractivity contribution in [3.05, 3.63) is 46.1 Å². The van der Waals surface area contributed by atoms with E-state index < -0.39 is 0 Å². The Hall–Kier alpha value is -1.15. The summed E-state index contributed by atoms with van der Waals surface area (Å²) in [5, 5.41) is 1.26. The topological polar surface area (TPSA) is 12.9 Å². The minimum Gasteiger partial charge on any atom is -0.241 e. The molecule has 3 rings (SSSR count). The van der Waals surface area contributed by atoms with Gasteiger partial charge in [-0.15, -0.1) is 0 Å². The van der Waals surface area contributed by atoms with Crippen molar-refractivity contribution in [1.82, 2.24) is 4.98 Å². The highest BCUT2D eigenvalue weighted by Gasteiger charge is 2.12. The van der Waals surface area contributed by atoms with Crippen molar-refractivity contribution in [2.45, 2.75) is 12.8 Å². The number of hydrogen-bond donors (Lipinski definition) is 0. The van der Waals surface area contributed by atoms with Crippen molar-refractivity contribution < 1.29 is 0 Å². The minimum absolute atomic E-state index is 1.00. The number of pyridine rings is 1. The third kappa shape index (κ3) is 1.40. The normalized spacial score (nSPS) is 14.2. The number of fused-ring (bicyclic) bond motifs is 3. The zero-order valence-electron chi connectivity index (χ0n) is 8.20. The number of allylic oxidation sites excluding steroid dienone is 1. The Morgan fingerprint density at radius 2 is 2.07 bits per heavy atom. The van der Waals surface area contributed by atoms with E-state index in [0.717, 1.165) is 23.0 Å².